The zero-order valence-corrected chi connectivity index (χ0v) is 14.5. The average molecular weight is 364 g/mol. The molecule has 1 amide bonds. The van der Waals surface area contributed by atoms with Gasteiger partial charge in [0, 0.05) is 12.1 Å². The molecule has 3 aromatic carbocycles. The highest BCUT2D eigenvalue weighted by Crippen LogP contribution is 2.22. The first-order valence-corrected chi connectivity index (χ1v) is 8.15. The van der Waals surface area contributed by atoms with Crippen LogP contribution in [0.25, 0.3) is 10.8 Å². The van der Waals surface area contributed by atoms with Crippen molar-refractivity contribution in [2.75, 3.05) is 11.9 Å². The van der Waals surface area contributed by atoms with E-state index in [1.807, 2.05) is 24.3 Å². The summed E-state index contributed by atoms with van der Waals surface area (Å²) >= 11 is 0. The van der Waals surface area contributed by atoms with Crippen LogP contribution in [0.2, 0.25) is 0 Å². The summed E-state index contributed by atoms with van der Waals surface area (Å²) in [5.74, 6) is -1.19. The molecule has 0 atom stereocenters. The monoisotopic (exact) mass is 364 g/mol. The number of non-ortho nitro benzene ring substituents is 1. The summed E-state index contributed by atoms with van der Waals surface area (Å²) in [7, 11) is 0. The Morgan fingerprint density at radius 2 is 1.81 bits per heavy atom. The average Bonchev–Trinajstić information content (AvgIpc) is 2.67. The minimum Gasteiger partial charge on any atom is -0.452 e. The normalized spacial score (nSPS) is 10.4. The topological polar surface area (TPSA) is 98.5 Å². The number of nitro groups is 1. The molecule has 0 spiro atoms. The molecule has 27 heavy (non-hydrogen) atoms. The Morgan fingerprint density at radius 3 is 2.59 bits per heavy atom. The summed E-state index contributed by atoms with van der Waals surface area (Å²) in [5.41, 5.74) is 1.20. The maximum atomic E-state index is 12.3. The minimum atomic E-state index is -0.613. The van der Waals surface area contributed by atoms with Crippen LogP contribution in [0.5, 0.6) is 0 Å². The number of carbonyl (C=O) groups is 2. The number of amides is 1. The highest BCUT2D eigenvalue weighted by Gasteiger charge is 2.15. The van der Waals surface area contributed by atoms with Gasteiger partial charge in [0.1, 0.15) is 0 Å². The van der Waals surface area contributed by atoms with E-state index in [0.29, 0.717) is 16.8 Å². The smallest absolute Gasteiger partial charge is 0.339 e. The van der Waals surface area contributed by atoms with Crippen molar-refractivity contribution < 1.29 is 19.2 Å². The fourth-order valence-corrected chi connectivity index (χ4v) is 2.66. The lowest BCUT2D eigenvalue weighted by Gasteiger charge is -2.10. The number of nitro benzene ring substituents is 1. The number of esters is 1. The third kappa shape index (κ3) is 4.09. The molecule has 0 saturated heterocycles. The Hall–Kier alpha value is -3.74. The number of anilines is 1. The van der Waals surface area contributed by atoms with Crippen LogP contribution < -0.4 is 5.32 Å². The molecule has 0 saturated carbocycles. The molecule has 0 bridgehead atoms. The Bertz CT molecular complexity index is 1040. The molecular formula is C20H16N2O5. The molecule has 136 valence electrons. The Labute approximate surface area is 154 Å². The van der Waals surface area contributed by atoms with Crippen molar-refractivity contribution in [3.63, 3.8) is 0 Å². The van der Waals surface area contributed by atoms with Gasteiger partial charge in [-0.25, -0.2) is 4.79 Å². The summed E-state index contributed by atoms with van der Waals surface area (Å²) < 4.78 is 5.10. The van der Waals surface area contributed by atoms with Gasteiger partial charge in [-0.05, 0) is 29.3 Å². The van der Waals surface area contributed by atoms with E-state index in [1.165, 1.54) is 18.2 Å². The van der Waals surface area contributed by atoms with Crippen LogP contribution in [0.1, 0.15) is 15.9 Å². The molecule has 3 aromatic rings. The highest BCUT2D eigenvalue weighted by molar-refractivity contribution is 6.05. The largest absolute Gasteiger partial charge is 0.452 e. The summed E-state index contributed by atoms with van der Waals surface area (Å²) in [5, 5.41) is 15.0. The van der Waals surface area contributed by atoms with E-state index in [9.17, 15) is 19.7 Å². The second kappa shape index (κ2) is 7.65. The molecule has 1 N–H and O–H groups in total. The molecule has 0 aliphatic rings. The zero-order chi connectivity index (χ0) is 19.4. The summed E-state index contributed by atoms with van der Waals surface area (Å²) in [6.45, 7) is 1.21. The predicted molar refractivity (Wildman–Crippen MR) is 101 cm³/mol. The third-order valence-electron chi connectivity index (χ3n) is 4.05. The Balaban J connectivity index is 1.68. The number of hydrogen-bond acceptors (Lipinski definition) is 5. The molecule has 0 unspecified atom stereocenters. The van der Waals surface area contributed by atoms with Crippen LogP contribution >= 0.6 is 0 Å². The molecular weight excluding hydrogens is 348 g/mol. The van der Waals surface area contributed by atoms with Gasteiger partial charge in [-0.2, -0.15) is 0 Å². The number of carbonyl (C=O) groups excluding carboxylic acids is 2. The zero-order valence-electron chi connectivity index (χ0n) is 14.5. The molecule has 7 heteroatoms. The second-order valence-electron chi connectivity index (χ2n) is 5.91. The lowest BCUT2D eigenvalue weighted by molar-refractivity contribution is -0.384. The van der Waals surface area contributed by atoms with E-state index in [0.717, 1.165) is 10.8 Å². The molecule has 7 nitrogen and oxygen atoms in total. The van der Waals surface area contributed by atoms with E-state index in [-0.39, 0.29) is 5.69 Å². The predicted octanol–water partition coefficient (Wildman–Crippen LogP) is 3.85. The number of ether oxygens (including phenoxy) is 1. The summed E-state index contributed by atoms with van der Waals surface area (Å²) in [6.07, 6.45) is 0. The molecule has 0 fully saturated rings. The standard InChI is InChI=1S/C20H16N2O5/c1-13-9-10-15(22(25)26)11-18(13)21-19(23)12-27-20(24)17-8-4-6-14-5-2-3-7-16(14)17/h2-11H,12H2,1H3,(H,21,23). The van der Waals surface area contributed by atoms with Crippen LogP contribution in [0.15, 0.2) is 60.7 Å². The van der Waals surface area contributed by atoms with Crippen molar-refractivity contribution in [1.82, 2.24) is 0 Å². The number of benzene rings is 3. The molecule has 3 rings (SSSR count). The molecule has 0 aromatic heterocycles. The van der Waals surface area contributed by atoms with Gasteiger partial charge >= 0.3 is 5.97 Å². The molecule has 0 aliphatic heterocycles. The molecule has 0 aliphatic carbocycles. The van der Waals surface area contributed by atoms with Gasteiger partial charge in [-0.15, -0.1) is 0 Å². The van der Waals surface area contributed by atoms with Crippen molar-refractivity contribution in [3.05, 3.63) is 81.9 Å². The number of rotatable bonds is 5. The van der Waals surface area contributed by atoms with Crippen LogP contribution in [-0.2, 0) is 9.53 Å². The SMILES string of the molecule is Cc1ccc([N+](=O)[O-])cc1NC(=O)COC(=O)c1cccc2ccccc12. The fraction of sp³-hybridized carbons (Fsp3) is 0.100. The van der Waals surface area contributed by atoms with Gasteiger partial charge in [0.15, 0.2) is 6.61 Å². The van der Waals surface area contributed by atoms with Crippen molar-refractivity contribution in [1.29, 1.82) is 0 Å². The van der Waals surface area contributed by atoms with Crippen LogP contribution in [0.4, 0.5) is 11.4 Å². The van der Waals surface area contributed by atoms with Crippen LogP contribution in [0, 0.1) is 17.0 Å². The quantitative estimate of drug-likeness (QED) is 0.421. The van der Waals surface area contributed by atoms with Crippen LogP contribution in [0.3, 0.4) is 0 Å². The number of aryl methyl sites for hydroxylation is 1. The Morgan fingerprint density at radius 1 is 1.07 bits per heavy atom. The van der Waals surface area contributed by atoms with Gasteiger partial charge in [0.05, 0.1) is 16.2 Å². The van der Waals surface area contributed by atoms with Gasteiger partial charge in [-0.3, -0.25) is 14.9 Å². The number of hydrogen-bond donors (Lipinski definition) is 1. The number of nitrogens with zero attached hydrogens (tertiary/aromatic N) is 1. The first-order chi connectivity index (χ1) is 13.0. The maximum absolute atomic E-state index is 12.3. The fourth-order valence-electron chi connectivity index (χ4n) is 2.66. The highest BCUT2D eigenvalue weighted by atomic mass is 16.6. The van der Waals surface area contributed by atoms with Crippen molar-refractivity contribution in [2.24, 2.45) is 0 Å². The lowest BCUT2D eigenvalue weighted by Crippen LogP contribution is -2.21. The number of fused-ring (bicyclic) bond motifs is 1. The van der Waals surface area contributed by atoms with Crippen LogP contribution in [-0.4, -0.2) is 23.4 Å². The number of nitrogens with one attached hydrogen (secondary N) is 1. The summed E-state index contributed by atoms with van der Waals surface area (Å²) in [6, 6.07) is 16.8. The second-order valence-corrected chi connectivity index (χ2v) is 5.91. The van der Waals surface area contributed by atoms with Gasteiger partial charge in [0.2, 0.25) is 0 Å². The van der Waals surface area contributed by atoms with E-state index in [4.69, 9.17) is 4.74 Å². The Kier molecular flexibility index (Phi) is 5.12. The van der Waals surface area contributed by atoms with Gasteiger partial charge in [-0.1, -0.05) is 42.5 Å². The molecule has 0 radical (unpaired) electrons. The van der Waals surface area contributed by atoms with Crippen molar-refractivity contribution in [2.45, 2.75) is 6.92 Å². The van der Waals surface area contributed by atoms with E-state index >= 15 is 0 Å². The van der Waals surface area contributed by atoms with E-state index in [2.05, 4.69) is 5.32 Å². The van der Waals surface area contributed by atoms with E-state index in [1.54, 1.807) is 25.1 Å². The van der Waals surface area contributed by atoms with Gasteiger partial charge < -0.3 is 10.1 Å². The maximum Gasteiger partial charge on any atom is 0.339 e. The van der Waals surface area contributed by atoms with Crippen molar-refractivity contribution in [3.8, 4) is 0 Å². The van der Waals surface area contributed by atoms with Gasteiger partial charge in [0.25, 0.3) is 11.6 Å². The lowest BCUT2D eigenvalue weighted by atomic mass is 10.1. The first kappa shape index (κ1) is 18.1. The third-order valence-corrected chi connectivity index (χ3v) is 4.05. The first-order valence-electron chi connectivity index (χ1n) is 8.15. The molecule has 0 heterocycles. The van der Waals surface area contributed by atoms with E-state index < -0.39 is 23.4 Å². The van der Waals surface area contributed by atoms with Crippen molar-refractivity contribution >= 4 is 34.0 Å². The minimum absolute atomic E-state index is 0.136. The summed E-state index contributed by atoms with van der Waals surface area (Å²) in [4.78, 5) is 34.7.